The molecule has 8 heteroatoms. The molecular weight excluding hydrogens is 550 g/mol. The molecule has 7 nitrogen and oxygen atoms in total. The predicted molar refractivity (Wildman–Crippen MR) is 164 cm³/mol. The van der Waals surface area contributed by atoms with Gasteiger partial charge in [0.2, 0.25) is 5.91 Å². The molecule has 0 unspecified atom stereocenters. The molecule has 0 bridgehead atoms. The third-order valence-corrected chi connectivity index (χ3v) is 8.78. The number of benzene rings is 3. The number of hydrogen-bond acceptors (Lipinski definition) is 4. The second-order valence-corrected chi connectivity index (χ2v) is 11.6. The van der Waals surface area contributed by atoms with E-state index in [9.17, 15) is 9.59 Å². The first kappa shape index (κ1) is 28.2. The van der Waals surface area contributed by atoms with E-state index in [1.54, 1.807) is 9.80 Å². The Morgan fingerprint density at radius 3 is 2.55 bits per heavy atom. The molecule has 6 rings (SSSR count). The first-order chi connectivity index (χ1) is 20.3. The minimum absolute atomic E-state index is 0.0539. The van der Waals surface area contributed by atoms with E-state index in [4.69, 9.17) is 21.1 Å². The molecule has 2 atom stereocenters. The Morgan fingerprint density at radius 2 is 1.79 bits per heavy atom. The van der Waals surface area contributed by atoms with E-state index in [2.05, 4.69) is 24.0 Å². The molecular formula is C34H36ClN3O4. The van der Waals surface area contributed by atoms with Crippen LogP contribution in [0.5, 0.6) is 11.5 Å². The second-order valence-electron chi connectivity index (χ2n) is 11.2. The number of carbonyl (C=O) groups is 2. The fraction of sp³-hybridized carbons (Fsp3) is 0.353. The summed E-state index contributed by atoms with van der Waals surface area (Å²) >= 11 is 6.06. The second kappa shape index (κ2) is 11.4. The van der Waals surface area contributed by atoms with Crippen LogP contribution in [-0.4, -0.2) is 59.4 Å². The molecule has 42 heavy (non-hydrogen) atoms. The van der Waals surface area contributed by atoms with Crippen LogP contribution in [-0.2, 0) is 21.5 Å². The predicted octanol–water partition coefficient (Wildman–Crippen LogP) is 6.28. The highest BCUT2D eigenvalue weighted by atomic mass is 35.5. The minimum atomic E-state index is -1.15. The van der Waals surface area contributed by atoms with Crippen LogP contribution in [0.4, 0.5) is 0 Å². The average molecular weight is 586 g/mol. The Hall–Kier alpha value is -3.97. The quantitative estimate of drug-likeness (QED) is 0.251. The van der Waals surface area contributed by atoms with Gasteiger partial charge >= 0.3 is 0 Å². The van der Waals surface area contributed by atoms with Gasteiger partial charge in [-0.25, -0.2) is 0 Å². The summed E-state index contributed by atoms with van der Waals surface area (Å²) in [5.74, 6) is 1.12. The topological polar surface area (TPSA) is 74.9 Å². The van der Waals surface area contributed by atoms with Crippen molar-refractivity contribution in [1.82, 2.24) is 14.8 Å². The number of fused-ring (bicyclic) bond motifs is 5. The van der Waals surface area contributed by atoms with Gasteiger partial charge in [-0.3, -0.25) is 9.59 Å². The summed E-state index contributed by atoms with van der Waals surface area (Å²) in [5.41, 5.74) is 3.71. The number of nitrogens with one attached hydrogen (secondary N) is 1. The minimum Gasteiger partial charge on any atom is -0.490 e. The Labute approximate surface area is 251 Å². The fourth-order valence-electron chi connectivity index (χ4n) is 6.41. The van der Waals surface area contributed by atoms with Crippen LogP contribution in [0, 0.1) is 0 Å². The van der Waals surface area contributed by atoms with Gasteiger partial charge in [-0.05, 0) is 73.7 Å². The van der Waals surface area contributed by atoms with Gasteiger partial charge in [0, 0.05) is 34.9 Å². The average Bonchev–Trinajstić information content (AvgIpc) is 3.39. The summed E-state index contributed by atoms with van der Waals surface area (Å²) < 4.78 is 11.9. The van der Waals surface area contributed by atoms with E-state index >= 15 is 0 Å². The van der Waals surface area contributed by atoms with Crippen molar-refractivity contribution >= 4 is 34.3 Å². The third-order valence-electron chi connectivity index (χ3n) is 8.53. The van der Waals surface area contributed by atoms with Crippen molar-refractivity contribution in [1.29, 1.82) is 0 Å². The van der Waals surface area contributed by atoms with Gasteiger partial charge in [-0.2, -0.15) is 0 Å². The van der Waals surface area contributed by atoms with Crippen LogP contribution in [0.25, 0.3) is 10.9 Å². The smallest absolute Gasteiger partial charge is 0.254 e. The third kappa shape index (κ3) is 4.79. The lowest BCUT2D eigenvalue weighted by molar-refractivity contribution is -0.166. The number of aromatic nitrogens is 1. The van der Waals surface area contributed by atoms with E-state index in [-0.39, 0.29) is 24.3 Å². The highest BCUT2D eigenvalue weighted by molar-refractivity contribution is 6.30. The molecule has 2 aliphatic heterocycles. The summed E-state index contributed by atoms with van der Waals surface area (Å²) in [6, 6.07) is 21.8. The molecule has 3 aromatic carbocycles. The number of rotatable bonds is 9. The molecule has 1 fully saturated rings. The van der Waals surface area contributed by atoms with Crippen molar-refractivity contribution in [3.63, 3.8) is 0 Å². The lowest BCUT2D eigenvalue weighted by atomic mass is 9.76. The first-order valence-corrected chi connectivity index (χ1v) is 15.1. The maximum absolute atomic E-state index is 14.3. The number of halogens is 1. The number of para-hydroxylation sites is 1. The van der Waals surface area contributed by atoms with Crippen LogP contribution in [0.1, 0.15) is 55.5 Å². The lowest BCUT2D eigenvalue weighted by Gasteiger charge is -2.51. The van der Waals surface area contributed by atoms with Crippen LogP contribution in [0.15, 0.2) is 66.7 Å². The zero-order valence-electron chi connectivity index (χ0n) is 24.3. The number of ether oxygens (including phenoxy) is 2. The molecule has 0 spiro atoms. The maximum atomic E-state index is 14.3. The number of piperazine rings is 1. The van der Waals surface area contributed by atoms with Gasteiger partial charge in [-0.15, -0.1) is 0 Å². The van der Waals surface area contributed by atoms with Crippen LogP contribution < -0.4 is 9.47 Å². The van der Waals surface area contributed by atoms with Crippen molar-refractivity contribution in [2.24, 2.45) is 0 Å². The summed E-state index contributed by atoms with van der Waals surface area (Å²) in [7, 11) is 0. The molecule has 4 aromatic rings. The van der Waals surface area contributed by atoms with Crippen molar-refractivity contribution < 1.29 is 19.1 Å². The van der Waals surface area contributed by atoms with E-state index in [1.165, 1.54) is 0 Å². The first-order valence-electron chi connectivity index (χ1n) is 14.7. The Balaban J connectivity index is 1.41. The summed E-state index contributed by atoms with van der Waals surface area (Å²) in [6.45, 7) is 7.93. The molecule has 2 aliphatic rings. The number of amides is 2. The van der Waals surface area contributed by atoms with E-state index < -0.39 is 5.54 Å². The normalized spacial score (nSPS) is 20.0. The number of nitrogens with zero attached hydrogens (tertiary/aromatic N) is 2. The SMILES string of the molecule is CCCOc1ccc([C@H]2CN3C(=O)CN(CCc4ccc(Cl)cc4)C(=O)[C@]3(C)c3[nH]c4ccccc4c32)cc1OCC. The number of H-pyrrole nitrogens is 1. The van der Waals surface area contributed by atoms with Crippen LogP contribution in [0.3, 0.4) is 0 Å². The number of carbonyl (C=O) groups excluding carboxylic acids is 2. The standard InChI is InChI=1S/C34H36ClN3O4/c1-4-18-42-28-15-12-23(19-29(28)41-5-2)26-20-38-30(39)21-37(17-16-22-10-13-24(35)14-11-22)33(40)34(38,3)32-31(26)25-8-6-7-9-27(25)36-32/h6-15,19,26,36H,4-5,16-18,20-21H2,1-3H3/t26-,34+/m1/s1. The van der Waals surface area contributed by atoms with Crippen molar-refractivity contribution in [3.8, 4) is 11.5 Å². The molecule has 218 valence electrons. The largest absolute Gasteiger partial charge is 0.490 e. The number of aromatic amines is 1. The molecule has 0 radical (unpaired) electrons. The van der Waals surface area contributed by atoms with Crippen molar-refractivity contribution in [2.45, 2.75) is 45.1 Å². The zero-order valence-corrected chi connectivity index (χ0v) is 25.0. The van der Waals surface area contributed by atoms with Gasteiger partial charge in [0.15, 0.2) is 17.0 Å². The van der Waals surface area contributed by atoms with Gasteiger partial charge in [0.05, 0.1) is 25.5 Å². The van der Waals surface area contributed by atoms with Crippen LogP contribution in [0.2, 0.25) is 5.02 Å². The lowest BCUT2D eigenvalue weighted by Crippen LogP contribution is -2.67. The van der Waals surface area contributed by atoms with Crippen molar-refractivity contribution in [2.75, 3.05) is 32.8 Å². The van der Waals surface area contributed by atoms with Gasteiger partial charge in [0.1, 0.15) is 0 Å². The van der Waals surface area contributed by atoms with Crippen molar-refractivity contribution in [3.05, 3.63) is 94.1 Å². The zero-order chi connectivity index (χ0) is 29.4. The summed E-state index contributed by atoms with van der Waals surface area (Å²) in [4.78, 5) is 35.2. The van der Waals surface area contributed by atoms with E-state index in [0.717, 1.165) is 39.7 Å². The Kier molecular flexibility index (Phi) is 7.62. The summed E-state index contributed by atoms with van der Waals surface area (Å²) in [6.07, 6.45) is 1.54. The number of hydrogen-bond donors (Lipinski definition) is 1. The Bertz CT molecular complexity index is 1630. The monoisotopic (exact) mass is 585 g/mol. The molecule has 2 amide bonds. The van der Waals surface area contributed by atoms with Crippen LogP contribution >= 0.6 is 11.6 Å². The maximum Gasteiger partial charge on any atom is 0.254 e. The molecule has 3 heterocycles. The highest BCUT2D eigenvalue weighted by Gasteiger charge is 2.56. The van der Waals surface area contributed by atoms with E-state index in [0.29, 0.717) is 49.2 Å². The fourth-order valence-corrected chi connectivity index (χ4v) is 6.54. The molecule has 0 saturated carbocycles. The van der Waals surface area contributed by atoms with Gasteiger partial charge in [0.25, 0.3) is 5.91 Å². The van der Waals surface area contributed by atoms with E-state index in [1.807, 2.05) is 68.4 Å². The van der Waals surface area contributed by atoms with Gasteiger partial charge in [-0.1, -0.05) is 54.9 Å². The highest BCUT2D eigenvalue weighted by Crippen LogP contribution is 2.49. The molecule has 1 saturated heterocycles. The van der Waals surface area contributed by atoms with Gasteiger partial charge < -0.3 is 24.3 Å². The molecule has 1 aromatic heterocycles. The summed E-state index contributed by atoms with van der Waals surface area (Å²) in [5, 5.41) is 1.73. The molecule has 1 N–H and O–H groups in total. The Morgan fingerprint density at radius 1 is 1.00 bits per heavy atom. The molecule has 0 aliphatic carbocycles.